The minimum atomic E-state index is -0.244. The fourth-order valence-corrected chi connectivity index (χ4v) is 3.34. The molecule has 1 unspecified atom stereocenters. The van der Waals surface area contributed by atoms with Gasteiger partial charge in [-0.15, -0.1) is 0 Å². The van der Waals surface area contributed by atoms with E-state index in [-0.39, 0.29) is 11.8 Å². The minimum absolute atomic E-state index is 0.146. The van der Waals surface area contributed by atoms with Crippen LogP contribution in [-0.4, -0.2) is 15.8 Å². The van der Waals surface area contributed by atoms with Crippen LogP contribution in [-0.2, 0) is 4.79 Å². The van der Waals surface area contributed by atoms with E-state index in [0.29, 0.717) is 11.6 Å². The van der Waals surface area contributed by atoms with Crippen LogP contribution in [0.1, 0.15) is 30.7 Å². The van der Waals surface area contributed by atoms with Crippen molar-refractivity contribution >= 4 is 11.6 Å². The van der Waals surface area contributed by atoms with Gasteiger partial charge in [-0.3, -0.25) is 0 Å². The summed E-state index contributed by atoms with van der Waals surface area (Å²) in [6.07, 6.45) is 3.21. The van der Waals surface area contributed by atoms with Crippen LogP contribution >= 0.6 is 0 Å². The highest BCUT2D eigenvalue weighted by Gasteiger charge is 2.43. The van der Waals surface area contributed by atoms with Crippen LogP contribution in [0.4, 0.5) is 5.69 Å². The van der Waals surface area contributed by atoms with Crippen molar-refractivity contribution in [1.29, 1.82) is 0 Å². The fourth-order valence-electron chi connectivity index (χ4n) is 3.34. The molecule has 2 aromatic carbocycles. The van der Waals surface area contributed by atoms with Gasteiger partial charge in [0, 0.05) is 10.8 Å². The molecule has 4 rings (SSSR count). The van der Waals surface area contributed by atoms with Crippen LogP contribution in [0.3, 0.4) is 0 Å². The molecule has 1 atom stereocenters. The molecule has 0 aromatic heterocycles. The Labute approximate surface area is 128 Å². The number of hydrogen-bond donors (Lipinski definition) is 1. The van der Waals surface area contributed by atoms with Gasteiger partial charge in [0.15, 0.2) is 5.28 Å². The van der Waals surface area contributed by atoms with Crippen LogP contribution < -0.4 is 0 Å². The first-order valence-corrected chi connectivity index (χ1v) is 7.67. The summed E-state index contributed by atoms with van der Waals surface area (Å²) < 4.78 is 1.16. The third-order valence-corrected chi connectivity index (χ3v) is 4.62. The molecule has 1 heterocycles. The molecule has 1 aliphatic heterocycles. The highest BCUT2D eigenvalue weighted by Crippen LogP contribution is 2.45. The van der Waals surface area contributed by atoms with Crippen molar-refractivity contribution in [3.63, 3.8) is 0 Å². The summed E-state index contributed by atoms with van der Waals surface area (Å²) in [6, 6.07) is 15.6. The second kappa shape index (κ2) is 5.05. The third-order valence-electron chi connectivity index (χ3n) is 4.62. The molecule has 110 valence electrons. The van der Waals surface area contributed by atoms with Crippen molar-refractivity contribution in [3.8, 4) is 11.1 Å². The topological polar surface area (TPSA) is 52.7 Å². The third kappa shape index (κ3) is 2.03. The Kier molecular flexibility index (Phi) is 3.03. The van der Waals surface area contributed by atoms with Gasteiger partial charge in [-0.25, -0.2) is 4.79 Å². The van der Waals surface area contributed by atoms with Gasteiger partial charge < -0.3 is 5.21 Å². The van der Waals surface area contributed by atoms with E-state index in [0.717, 1.165) is 27.8 Å². The number of fused-ring (bicyclic) bond motifs is 3. The average molecular weight is 293 g/mol. The van der Waals surface area contributed by atoms with Crippen LogP contribution in [0.5, 0.6) is 0 Å². The zero-order chi connectivity index (χ0) is 15.1. The molecular formula is C18H17N2O2+. The van der Waals surface area contributed by atoms with Gasteiger partial charge in [0.25, 0.3) is 5.69 Å². The van der Waals surface area contributed by atoms with Gasteiger partial charge in [-0.05, 0) is 29.5 Å². The lowest BCUT2D eigenvalue weighted by Crippen LogP contribution is -2.22. The maximum Gasteiger partial charge on any atom is 0.427 e. The number of carbonyl (C=O) groups excluding carboxylic acids is 1. The van der Waals surface area contributed by atoms with E-state index in [2.05, 4.69) is 5.28 Å². The van der Waals surface area contributed by atoms with E-state index < -0.39 is 0 Å². The average Bonchev–Trinajstić information content (AvgIpc) is 3.38. The van der Waals surface area contributed by atoms with Crippen LogP contribution in [0.15, 0.2) is 53.8 Å². The highest BCUT2D eigenvalue weighted by atomic mass is 16.5. The first-order valence-electron chi connectivity index (χ1n) is 7.67. The van der Waals surface area contributed by atoms with E-state index in [9.17, 15) is 10.0 Å². The van der Waals surface area contributed by atoms with Crippen LogP contribution in [0.25, 0.3) is 11.1 Å². The van der Waals surface area contributed by atoms with Crippen molar-refractivity contribution in [2.45, 2.75) is 25.2 Å². The Morgan fingerprint density at radius 2 is 1.73 bits per heavy atom. The first kappa shape index (κ1) is 13.2. The Balaban J connectivity index is 1.97. The SMILES string of the molecule is O=C1C(CC2CC2)c2ccccc2-c2ccccc2[N+]1=NO. The number of carbonyl (C=O) groups is 1. The molecule has 1 amide bonds. The van der Waals surface area contributed by atoms with Gasteiger partial charge in [0.2, 0.25) is 0 Å². The maximum absolute atomic E-state index is 12.9. The van der Waals surface area contributed by atoms with Crippen LogP contribution in [0.2, 0.25) is 0 Å². The van der Waals surface area contributed by atoms with E-state index in [4.69, 9.17) is 0 Å². The molecule has 4 heteroatoms. The van der Waals surface area contributed by atoms with Crippen molar-refractivity contribution in [1.82, 2.24) is 0 Å². The Hall–Kier alpha value is -2.49. The molecule has 2 aromatic rings. The second-order valence-corrected chi connectivity index (χ2v) is 6.08. The lowest BCUT2D eigenvalue weighted by molar-refractivity contribution is -0.465. The predicted octanol–water partition coefficient (Wildman–Crippen LogP) is 4.26. The van der Waals surface area contributed by atoms with Crippen molar-refractivity contribution in [2.75, 3.05) is 0 Å². The van der Waals surface area contributed by atoms with Crippen molar-refractivity contribution < 1.29 is 14.7 Å². The van der Waals surface area contributed by atoms with Gasteiger partial charge in [-0.1, -0.05) is 49.2 Å². The molecular weight excluding hydrogens is 276 g/mol. The summed E-state index contributed by atoms with van der Waals surface area (Å²) >= 11 is 0. The highest BCUT2D eigenvalue weighted by molar-refractivity contribution is 5.89. The quantitative estimate of drug-likeness (QED) is 0.664. The molecule has 4 nitrogen and oxygen atoms in total. The minimum Gasteiger partial charge on any atom is -0.362 e. The zero-order valence-corrected chi connectivity index (χ0v) is 12.1. The Bertz CT molecular complexity index is 778. The number of nitrogens with zero attached hydrogens (tertiary/aromatic N) is 2. The summed E-state index contributed by atoms with van der Waals surface area (Å²) in [5, 5.41) is 12.7. The molecule has 2 aliphatic rings. The Morgan fingerprint density at radius 3 is 2.45 bits per heavy atom. The number of rotatable bonds is 2. The number of amides is 1. The molecule has 0 spiro atoms. The summed E-state index contributed by atoms with van der Waals surface area (Å²) in [6.45, 7) is 0. The van der Waals surface area contributed by atoms with Gasteiger partial charge >= 0.3 is 5.91 Å². The largest absolute Gasteiger partial charge is 0.427 e. The molecule has 1 saturated carbocycles. The second-order valence-electron chi connectivity index (χ2n) is 6.08. The summed E-state index contributed by atoms with van der Waals surface area (Å²) in [5.41, 5.74) is 3.67. The maximum atomic E-state index is 12.9. The molecule has 1 N–H and O–H groups in total. The smallest absolute Gasteiger partial charge is 0.362 e. The van der Waals surface area contributed by atoms with Gasteiger partial charge in [-0.2, -0.15) is 0 Å². The first-order chi connectivity index (χ1) is 10.8. The normalized spacial score (nSPS) is 22.1. The van der Waals surface area contributed by atoms with E-state index in [1.807, 2.05) is 48.5 Å². The lowest BCUT2D eigenvalue weighted by atomic mass is 9.88. The molecule has 0 radical (unpaired) electrons. The van der Waals surface area contributed by atoms with E-state index in [1.54, 1.807) is 0 Å². The summed E-state index contributed by atoms with van der Waals surface area (Å²) in [7, 11) is 0. The standard InChI is InChI=1S/C18H16N2O2/c21-18-16(11-12-9-10-12)14-6-2-1-5-13(14)15-7-3-4-8-17(15)20(18)19-22/h1-8,12,16H,9-11H2/p+1. The van der Waals surface area contributed by atoms with E-state index in [1.165, 1.54) is 12.8 Å². The number of para-hydroxylation sites is 1. The molecule has 0 bridgehead atoms. The monoisotopic (exact) mass is 293 g/mol. The van der Waals surface area contributed by atoms with Crippen molar-refractivity contribution in [3.05, 3.63) is 54.1 Å². The van der Waals surface area contributed by atoms with Crippen LogP contribution in [0, 0.1) is 5.92 Å². The van der Waals surface area contributed by atoms with Gasteiger partial charge in [0.05, 0.1) is 5.56 Å². The molecule has 1 aliphatic carbocycles. The molecule has 22 heavy (non-hydrogen) atoms. The summed E-state index contributed by atoms with van der Waals surface area (Å²) in [4.78, 5) is 12.9. The zero-order valence-electron chi connectivity index (χ0n) is 12.1. The fraction of sp³-hybridized carbons (Fsp3) is 0.278. The number of benzene rings is 2. The molecule has 1 fully saturated rings. The summed E-state index contributed by atoms with van der Waals surface area (Å²) in [5.74, 6) is 0.225. The van der Waals surface area contributed by atoms with Crippen molar-refractivity contribution in [2.24, 2.45) is 11.2 Å². The predicted molar refractivity (Wildman–Crippen MR) is 81.1 cm³/mol. The van der Waals surface area contributed by atoms with E-state index >= 15 is 0 Å². The molecule has 0 saturated heterocycles. The van der Waals surface area contributed by atoms with Gasteiger partial charge in [0.1, 0.15) is 5.92 Å². The Morgan fingerprint density at radius 1 is 1.05 bits per heavy atom. The number of hydrogen-bond acceptors (Lipinski definition) is 2. The lowest BCUT2D eigenvalue weighted by Gasteiger charge is -2.12.